The summed E-state index contributed by atoms with van der Waals surface area (Å²) < 4.78 is 5.35. The number of Topliss-reactive ketones (excluding diaryl/α,β-unsaturated/α-hetero) is 1. The molecule has 1 saturated heterocycles. The highest BCUT2D eigenvalue weighted by Gasteiger charge is 2.40. The molecule has 0 amide bonds. The molecule has 2 aromatic rings. The van der Waals surface area contributed by atoms with Gasteiger partial charge in [-0.3, -0.25) is 9.59 Å². The first-order valence-electron chi connectivity index (χ1n) is 13.6. The Morgan fingerprint density at radius 2 is 1.44 bits per heavy atom. The number of imidazole rings is 1. The van der Waals surface area contributed by atoms with Gasteiger partial charge in [0.05, 0.1) is 6.61 Å². The number of hydrogen-bond acceptors (Lipinski definition) is 8. The molecule has 1 unspecified atom stereocenters. The van der Waals surface area contributed by atoms with Gasteiger partial charge in [0.15, 0.2) is 22.8 Å². The zero-order valence-electron chi connectivity index (χ0n) is 21.4. The van der Waals surface area contributed by atoms with E-state index in [9.17, 15) is 24.9 Å². The van der Waals surface area contributed by atoms with Crippen LogP contribution in [0.5, 0.6) is 0 Å². The molecule has 2 aromatic heterocycles. The number of rotatable bonds is 16. The van der Waals surface area contributed by atoms with Crippen LogP contribution >= 0.6 is 0 Å². The summed E-state index contributed by atoms with van der Waals surface area (Å²) >= 11 is 0. The van der Waals surface area contributed by atoms with E-state index in [1.807, 2.05) is 0 Å². The van der Waals surface area contributed by atoms with E-state index in [2.05, 4.69) is 26.9 Å². The fraction of sp³-hybridized carbons (Fsp3) is 0.769. The number of fused-ring (bicyclic) bond motifs is 1. The monoisotopic (exact) mass is 506 g/mol. The van der Waals surface area contributed by atoms with Gasteiger partial charge in [0.2, 0.25) is 0 Å². The molecule has 0 aliphatic carbocycles. The SMILES string of the molecule is CCCCCCCCCCCCCCCC(=O)c1nc2nc(C3OC[C@@H](O)[C@@H](O)[C@@H]3O)[nH]c(=O)c2[nH]1. The molecule has 5 N–H and O–H groups in total. The number of aromatic nitrogens is 4. The van der Waals surface area contributed by atoms with Gasteiger partial charge >= 0.3 is 0 Å². The summed E-state index contributed by atoms with van der Waals surface area (Å²) in [5, 5.41) is 29.7. The number of ether oxygens (including phenoxy) is 1. The molecule has 0 spiro atoms. The van der Waals surface area contributed by atoms with Gasteiger partial charge in [-0.1, -0.05) is 84.0 Å². The van der Waals surface area contributed by atoms with Crippen molar-refractivity contribution in [3.05, 3.63) is 22.0 Å². The van der Waals surface area contributed by atoms with Crippen LogP contribution in [0.2, 0.25) is 0 Å². The molecule has 36 heavy (non-hydrogen) atoms. The second-order valence-electron chi connectivity index (χ2n) is 9.95. The van der Waals surface area contributed by atoms with Crippen molar-refractivity contribution >= 4 is 16.9 Å². The van der Waals surface area contributed by atoms with Gasteiger partial charge in [-0.05, 0) is 6.42 Å². The van der Waals surface area contributed by atoms with Crippen LogP contribution in [-0.2, 0) is 4.74 Å². The molecule has 10 heteroatoms. The van der Waals surface area contributed by atoms with Gasteiger partial charge in [-0.25, -0.2) is 9.97 Å². The van der Waals surface area contributed by atoms with Gasteiger partial charge in [0.1, 0.15) is 30.2 Å². The third kappa shape index (κ3) is 7.93. The van der Waals surface area contributed by atoms with E-state index < -0.39 is 30.0 Å². The lowest BCUT2D eigenvalue weighted by molar-refractivity contribution is -0.191. The predicted octanol–water partition coefficient (Wildman–Crippen LogP) is 3.46. The quantitative estimate of drug-likeness (QED) is 0.171. The highest BCUT2D eigenvalue weighted by Crippen LogP contribution is 2.27. The Morgan fingerprint density at radius 3 is 2.06 bits per heavy atom. The minimum absolute atomic E-state index is 0.0204. The zero-order chi connectivity index (χ0) is 25.9. The first-order chi connectivity index (χ1) is 17.4. The number of unbranched alkanes of at least 4 members (excludes halogenated alkanes) is 12. The average Bonchev–Trinajstić information content (AvgIpc) is 3.30. The number of carbonyl (C=O) groups excluding carboxylic acids is 1. The van der Waals surface area contributed by atoms with Crippen LogP contribution in [0, 0.1) is 0 Å². The van der Waals surface area contributed by atoms with Crippen molar-refractivity contribution in [2.75, 3.05) is 6.61 Å². The van der Waals surface area contributed by atoms with Crippen LogP contribution in [0.3, 0.4) is 0 Å². The van der Waals surface area contributed by atoms with E-state index in [4.69, 9.17) is 4.74 Å². The molecule has 0 saturated carbocycles. The van der Waals surface area contributed by atoms with Crippen LogP contribution in [0.25, 0.3) is 11.2 Å². The topological polar surface area (TPSA) is 161 Å². The number of nitrogens with one attached hydrogen (secondary N) is 2. The Hall–Kier alpha value is -2.14. The number of nitrogens with zero attached hydrogens (tertiary/aromatic N) is 2. The number of aliphatic hydroxyl groups is 3. The fourth-order valence-corrected chi connectivity index (χ4v) is 4.66. The number of carbonyl (C=O) groups is 1. The van der Waals surface area contributed by atoms with Gasteiger partial charge in [-0.15, -0.1) is 0 Å². The van der Waals surface area contributed by atoms with Gasteiger partial charge in [0.25, 0.3) is 5.56 Å². The normalized spacial score (nSPS) is 22.3. The second-order valence-corrected chi connectivity index (χ2v) is 9.95. The summed E-state index contributed by atoms with van der Waals surface area (Å²) in [6.45, 7) is 2.03. The molecular weight excluding hydrogens is 464 g/mol. The molecule has 3 heterocycles. The highest BCUT2D eigenvalue weighted by atomic mass is 16.5. The molecule has 0 bridgehead atoms. The predicted molar refractivity (Wildman–Crippen MR) is 136 cm³/mol. The molecular formula is C26H42N4O6. The zero-order valence-corrected chi connectivity index (χ0v) is 21.4. The maximum absolute atomic E-state index is 12.6. The third-order valence-electron chi connectivity index (χ3n) is 6.92. The third-order valence-corrected chi connectivity index (χ3v) is 6.92. The van der Waals surface area contributed by atoms with E-state index in [-0.39, 0.29) is 35.2 Å². The van der Waals surface area contributed by atoms with Crippen LogP contribution in [0.15, 0.2) is 4.79 Å². The van der Waals surface area contributed by atoms with Crippen molar-refractivity contribution in [2.45, 2.75) is 121 Å². The van der Waals surface area contributed by atoms with Crippen molar-refractivity contribution in [1.29, 1.82) is 0 Å². The standard InChI is InChI=1S/C26H42N4O6/c1-2-3-4-5-6-7-8-9-10-11-12-13-14-15-17(31)23-27-19-24(28-23)29-25(30-26(19)35)22-21(34)20(33)18(32)16-36-22/h18,20-22,32-34H,2-16H2,1H3,(H2,27,28,29,30,35)/t18-,20-,21+,22?/m1/s1. The van der Waals surface area contributed by atoms with Gasteiger partial charge < -0.3 is 30.0 Å². The number of aromatic amines is 2. The summed E-state index contributed by atoms with van der Waals surface area (Å²) in [5.74, 6) is -0.114. The van der Waals surface area contributed by atoms with E-state index in [1.165, 1.54) is 64.2 Å². The van der Waals surface area contributed by atoms with E-state index in [0.717, 1.165) is 19.3 Å². The Bertz CT molecular complexity index is 1010. The van der Waals surface area contributed by atoms with E-state index >= 15 is 0 Å². The van der Waals surface area contributed by atoms with Crippen LogP contribution in [0.4, 0.5) is 0 Å². The van der Waals surface area contributed by atoms with Gasteiger partial charge in [-0.2, -0.15) is 0 Å². The van der Waals surface area contributed by atoms with E-state index in [0.29, 0.717) is 6.42 Å². The number of H-pyrrole nitrogens is 2. The molecule has 3 rings (SSSR count). The average molecular weight is 507 g/mol. The second kappa shape index (κ2) is 14.6. The first-order valence-corrected chi connectivity index (χ1v) is 13.6. The van der Waals surface area contributed by atoms with Crippen LogP contribution in [0.1, 0.15) is 119 Å². The molecule has 1 aliphatic heterocycles. The molecule has 0 aromatic carbocycles. The fourth-order valence-electron chi connectivity index (χ4n) is 4.66. The lowest BCUT2D eigenvalue weighted by Crippen LogP contribution is -2.49. The largest absolute Gasteiger partial charge is 0.388 e. The Morgan fingerprint density at radius 1 is 0.861 bits per heavy atom. The minimum atomic E-state index is -1.47. The molecule has 1 fully saturated rings. The Kier molecular flexibility index (Phi) is 11.5. The smallest absolute Gasteiger partial charge is 0.277 e. The molecule has 1 aliphatic rings. The van der Waals surface area contributed by atoms with E-state index in [1.54, 1.807) is 0 Å². The van der Waals surface area contributed by atoms with Crippen LogP contribution in [-0.4, -0.2) is 66.0 Å². The van der Waals surface area contributed by atoms with Crippen molar-refractivity contribution < 1.29 is 24.9 Å². The minimum Gasteiger partial charge on any atom is -0.388 e. The maximum Gasteiger partial charge on any atom is 0.277 e. The highest BCUT2D eigenvalue weighted by molar-refractivity contribution is 5.95. The number of aliphatic hydroxyl groups excluding tert-OH is 3. The van der Waals surface area contributed by atoms with Crippen molar-refractivity contribution in [2.24, 2.45) is 0 Å². The molecule has 0 radical (unpaired) electrons. The number of ketones is 1. The maximum atomic E-state index is 12.6. The summed E-state index contributed by atoms with van der Waals surface area (Å²) in [4.78, 5) is 38.7. The Labute approximate surface area is 211 Å². The lowest BCUT2D eigenvalue weighted by atomic mass is 9.99. The molecule has 202 valence electrons. The molecule has 10 nitrogen and oxygen atoms in total. The Balaban J connectivity index is 1.39. The van der Waals surface area contributed by atoms with Crippen molar-refractivity contribution in [3.8, 4) is 0 Å². The summed E-state index contributed by atoms with van der Waals surface area (Å²) in [5.41, 5.74) is -0.448. The summed E-state index contributed by atoms with van der Waals surface area (Å²) in [7, 11) is 0. The van der Waals surface area contributed by atoms with Crippen molar-refractivity contribution in [3.63, 3.8) is 0 Å². The lowest BCUT2D eigenvalue weighted by Gasteiger charge is -2.34. The molecule has 4 atom stereocenters. The van der Waals surface area contributed by atoms with Crippen molar-refractivity contribution in [1.82, 2.24) is 19.9 Å². The number of hydrogen-bond donors (Lipinski definition) is 5. The van der Waals surface area contributed by atoms with Gasteiger partial charge in [0, 0.05) is 6.42 Å². The first kappa shape index (κ1) is 28.4. The summed E-state index contributed by atoms with van der Waals surface area (Å²) in [6.07, 6.45) is 11.1. The summed E-state index contributed by atoms with van der Waals surface area (Å²) in [6, 6.07) is 0. The van der Waals surface area contributed by atoms with Crippen LogP contribution < -0.4 is 5.56 Å².